The van der Waals surface area contributed by atoms with E-state index in [4.69, 9.17) is 11.6 Å². The molecule has 0 radical (unpaired) electrons. The molecule has 0 amide bonds. The summed E-state index contributed by atoms with van der Waals surface area (Å²) in [6.45, 7) is 8.68. The first-order valence-corrected chi connectivity index (χ1v) is 8.43. The highest BCUT2D eigenvalue weighted by Gasteiger charge is 2.34. The molecule has 1 aromatic carbocycles. The third-order valence-corrected chi connectivity index (χ3v) is 5.67. The van der Waals surface area contributed by atoms with Gasteiger partial charge in [0.15, 0.2) is 5.78 Å². The van der Waals surface area contributed by atoms with Crippen LogP contribution < -0.4 is 0 Å². The van der Waals surface area contributed by atoms with Gasteiger partial charge in [-0.15, -0.1) is 0 Å². The Morgan fingerprint density at radius 2 is 1.71 bits per heavy atom. The van der Waals surface area contributed by atoms with Gasteiger partial charge in [-0.25, -0.2) is 0 Å². The number of halogens is 1. The van der Waals surface area contributed by atoms with Gasteiger partial charge in [0.1, 0.15) is 0 Å². The normalized spacial score (nSPS) is 20.2. The van der Waals surface area contributed by atoms with Crippen LogP contribution in [0.25, 0.3) is 0 Å². The second-order valence-corrected chi connectivity index (χ2v) is 6.73. The van der Waals surface area contributed by atoms with Gasteiger partial charge < -0.3 is 0 Å². The highest BCUT2D eigenvalue weighted by atomic mass is 35.5. The zero-order valence-corrected chi connectivity index (χ0v) is 14.1. The SMILES string of the molecule is CCC1(CC)CCN(C(C)C(=O)c2ccc(Cl)cc2)CC1. The highest BCUT2D eigenvalue weighted by molar-refractivity contribution is 6.30. The Morgan fingerprint density at radius 3 is 2.19 bits per heavy atom. The average molecular weight is 308 g/mol. The Morgan fingerprint density at radius 1 is 1.19 bits per heavy atom. The zero-order chi connectivity index (χ0) is 15.5. The lowest BCUT2D eigenvalue weighted by Gasteiger charge is -2.42. The third-order valence-electron chi connectivity index (χ3n) is 5.41. The number of carbonyl (C=O) groups is 1. The maximum atomic E-state index is 12.6. The van der Waals surface area contributed by atoms with Crippen LogP contribution in [0.15, 0.2) is 24.3 Å². The molecule has 0 bridgehead atoms. The number of piperidine rings is 1. The van der Waals surface area contributed by atoms with E-state index in [9.17, 15) is 4.79 Å². The van der Waals surface area contributed by atoms with Crippen LogP contribution in [0.3, 0.4) is 0 Å². The number of nitrogens with zero attached hydrogens (tertiary/aromatic N) is 1. The number of ketones is 1. The quantitative estimate of drug-likeness (QED) is 0.727. The largest absolute Gasteiger partial charge is 0.293 e. The van der Waals surface area contributed by atoms with Crippen molar-refractivity contribution in [3.8, 4) is 0 Å². The molecule has 1 aliphatic rings. The van der Waals surface area contributed by atoms with Crippen LogP contribution >= 0.6 is 11.6 Å². The maximum Gasteiger partial charge on any atom is 0.179 e. The number of hydrogen-bond acceptors (Lipinski definition) is 2. The van der Waals surface area contributed by atoms with Gasteiger partial charge >= 0.3 is 0 Å². The van der Waals surface area contributed by atoms with Gasteiger partial charge in [0.05, 0.1) is 6.04 Å². The molecule has 2 rings (SSSR count). The smallest absolute Gasteiger partial charge is 0.179 e. The molecule has 3 heteroatoms. The summed E-state index contributed by atoms with van der Waals surface area (Å²) in [5.41, 5.74) is 1.26. The first-order valence-electron chi connectivity index (χ1n) is 8.05. The summed E-state index contributed by atoms with van der Waals surface area (Å²) in [4.78, 5) is 14.9. The molecule has 1 fully saturated rings. The Bertz CT molecular complexity index is 468. The average Bonchev–Trinajstić information content (AvgIpc) is 2.54. The number of likely N-dealkylation sites (tertiary alicyclic amines) is 1. The molecule has 116 valence electrons. The molecular weight excluding hydrogens is 282 g/mol. The van der Waals surface area contributed by atoms with Crippen molar-refractivity contribution in [2.75, 3.05) is 13.1 Å². The standard InChI is InChI=1S/C18H26ClNO/c1-4-18(5-2)10-12-20(13-11-18)14(3)17(21)15-6-8-16(19)9-7-15/h6-9,14H,4-5,10-13H2,1-3H3. The first-order chi connectivity index (χ1) is 10.0. The second kappa shape index (κ2) is 6.93. The summed E-state index contributed by atoms with van der Waals surface area (Å²) >= 11 is 5.89. The number of carbonyl (C=O) groups excluding carboxylic acids is 1. The summed E-state index contributed by atoms with van der Waals surface area (Å²) in [5, 5.41) is 0.674. The summed E-state index contributed by atoms with van der Waals surface area (Å²) in [6.07, 6.45) is 4.91. The van der Waals surface area contributed by atoms with Crippen molar-refractivity contribution in [2.45, 2.75) is 52.5 Å². The van der Waals surface area contributed by atoms with Crippen LogP contribution in [0.2, 0.25) is 5.02 Å². The van der Waals surface area contributed by atoms with E-state index >= 15 is 0 Å². The van der Waals surface area contributed by atoms with E-state index in [0.29, 0.717) is 10.4 Å². The van der Waals surface area contributed by atoms with E-state index in [1.807, 2.05) is 19.1 Å². The third kappa shape index (κ3) is 3.67. The molecular formula is C18H26ClNO. The lowest BCUT2D eigenvalue weighted by Crippen LogP contribution is -2.46. The van der Waals surface area contributed by atoms with Crippen molar-refractivity contribution in [3.05, 3.63) is 34.9 Å². The van der Waals surface area contributed by atoms with Crippen LogP contribution in [-0.2, 0) is 0 Å². The van der Waals surface area contributed by atoms with Gasteiger partial charge in [0.2, 0.25) is 0 Å². The molecule has 1 saturated heterocycles. The lowest BCUT2D eigenvalue weighted by atomic mass is 9.74. The summed E-state index contributed by atoms with van der Waals surface area (Å²) in [5.74, 6) is 0.201. The minimum absolute atomic E-state index is 0.0436. The number of Topliss-reactive ketones (excluding diaryl/α,β-unsaturated/α-hetero) is 1. The molecule has 0 saturated carbocycles. The van der Waals surface area contributed by atoms with Gasteiger partial charge in [-0.05, 0) is 62.5 Å². The summed E-state index contributed by atoms with van der Waals surface area (Å²) in [7, 11) is 0. The van der Waals surface area contributed by atoms with Gasteiger partial charge in [0, 0.05) is 10.6 Å². The molecule has 1 aromatic rings. The molecule has 21 heavy (non-hydrogen) atoms. The molecule has 0 N–H and O–H groups in total. The van der Waals surface area contributed by atoms with Gasteiger partial charge in [-0.3, -0.25) is 9.69 Å². The van der Waals surface area contributed by atoms with Crippen molar-refractivity contribution in [1.82, 2.24) is 4.90 Å². The van der Waals surface area contributed by atoms with Gasteiger partial charge in [-0.2, -0.15) is 0 Å². The lowest BCUT2D eigenvalue weighted by molar-refractivity contribution is 0.0574. The minimum Gasteiger partial charge on any atom is -0.293 e. The summed E-state index contributed by atoms with van der Waals surface area (Å²) < 4.78 is 0. The predicted molar refractivity (Wildman–Crippen MR) is 89.1 cm³/mol. The highest BCUT2D eigenvalue weighted by Crippen LogP contribution is 2.38. The molecule has 0 aromatic heterocycles. The van der Waals surface area contributed by atoms with E-state index in [-0.39, 0.29) is 11.8 Å². The van der Waals surface area contributed by atoms with E-state index in [2.05, 4.69) is 18.7 Å². The van der Waals surface area contributed by atoms with E-state index in [1.54, 1.807) is 12.1 Å². The summed E-state index contributed by atoms with van der Waals surface area (Å²) in [6, 6.07) is 7.19. The first kappa shape index (κ1) is 16.5. The molecule has 1 heterocycles. The Kier molecular flexibility index (Phi) is 5.45. The Hall–Kier alpha value is -0.860. The molecule has 0 spiro atoms. The van der Waals surface area contributed by atoms with E-state index in [1.165, 1.54) is 25.7 Å². The Balaban J connectivity index is 2.00. The van der Waals surface area contributed by atoms with Crippen LogP contribution in [-0.4, -0.2) is 29.8 Å². The number of rotatable bonds is 5. The van der Waals surface area contributed by atoms with E-state index in [0.717, 1.165) is 18.7 Å². The molecule has 2 nitrogen and oxygen atoms in total. The molecule has 1 atom stereocenters. The minimum atomic E-state index is -0.0436. The molecule has 0 aliphatic carbocycles. The van der Waals surface area contributed by atoms with Gasteiger partial charge in [0.25, 0.3) is 0 Å². The van der Waals surface area contributed by atoms with Crippen molar-refractivity contribution in [2.24, 2.45) is 5.41 Å². The van der Waals surface area contributed by atoms with Gasteiger partial charge in [-0.1, -0.05) is 38.3 Å². The van der Waals surface area contributed by atoms with E-state index < -0.39 is 0 Å². The second-order valence-electron chi connectivity index (χ2n) is 6.29. The topological polar surface area (TPSA) is 20.3 Å². The van der Waals surface area contributed by atoms with Crippen molar-refractivity contribution >= 4 is 17.4 Å². The monoisotopic (exact) mass is 307 g/mol. The maximum absolute atomic E-state index is 12.6. The fourth-order valence-electron chi connectivity index (χ4n) is 3.36. The van der Waals surface area contributed by atoms with Crippen LogP contribution in [0, 0.1) is 5.41 Å². The fourth-order valence-corrected chi connectivity index (χ4v) is 3.49. The molecule has 1 aliphatic heterocycles. The van der Waals surface area contributed by atoms with Crippen molar-refractivity contribution in [3.63, 3.8) is 0 Å². The van der Waals surface area contributed by atoms with Crippen molar-refractivity contribution in [1.29, 1.82) is 0 Å². The van der Waals surface area contributed by atoms with Crippen LogP contribution in [0.5, 0.6) is 0 Å². The predicted octanol–water partition coefficient (Wildman–Crippen LogP) is 4.81. The van der Waals surface area contributed by atoms with Crippen LogP contribution in [0.1, 0.15) is 56.8 Å². The zero-order valence-electron chi connectivity index (χ0n) is 13.4. The molecule has 1 unspecified atom stereocenters. The number of hydrogen-bond donors (Lipinski definition) is 0. The van der Waals surface area contributed by atoms with Crippen molar-refractivity contribution < 1.29 is 4.79 Å². The number of benzene rings is 1. The fraction of sp³-hybridized carbons (Fsp3) is 0.611. The van der Waals surface area contributed by atoms with Crippen LogP contribution in [0.4, 0.5) is 0 Å². The Labute approximate surface area is 133 Å².